The summed E-state index contributed by atoms with van der Waals surface area (Å²) < 4.78 is 11.1. The van der Waals surface area contributed by atoms with Crippen molar-refractivity contribution in [3.05, 3.63) is 59.6 Å². The zero-order chi connectivity index (χ0) is 21.5. The standard InChI is InChI=1S/C23H26N4O3/c1-23(2,3)30-15-7-5-14(6-8-15)12-27-13-19(28)20(21(27)24)22-25-17-10-9-16(29-4)11-18(17)26-22/h5-11,24,28H,12-13H2,1-4H3,(H,25,26). The first kappa shape index (κ1) is 19.8. The van der Waals surface area contributed by atoms with Crippen molar-refractivity contribution in [2.75, 3.05) is 13.7 Å². The van der Waals surface area contributed by atoms with E-state index in [0.29, 0.717) is 17.9 Å². The summed E-state index contributed by atoms with van der Waals surface area (Å²) >= 11 is 0. The second kappa shape index (κ2) is 7.40. The number of ether oxygens (including phenoxy) is 2. The van der Waals surface area contributed by atoms with Gasteiger partial charge in [-0.2, -0.15) is 0 Å². The van der Waals surface area contributed by atoms with Gasteiger partial charge in [-0.3, -0.25) is 5.41 Å². The Labute approximate surface area is 175 Å². The van der Waals surface area contributed by atoms with E-state index in [1.807, 2.05) is 68.1 Å². The molecule has 3 aromatic rings. The topological polar surface area (TPSA) is 94.5 Å². The molecule has 0 atom stereocenters. The van der Waals surface area contributed by atoms with Crippen molar-refractivity contribution >= 4 is 22.4 Å². The average molecular weight is 406 g/mol. The number of aromatic amines is 1. The van der Waals surface area contributed by atoms with Crippen LogP contribution in [0.4, 0.5) is 0 Å². The fourth-order valence-electron chi connectivity index (χ4n) is 3.49. The highest BCUT2D eigenvalue weighted by Gasteiger charge is 2.30. The highest BCUT2D eigenvalue weighted by Crippen LogP contribution is 2.29. The summed E-state index contributed by atoms with van der Waals surface area (Å²) in [5.41, 5.74) is 2.76. The lowest BCUT2D eigenvalue weighted by Gasteiger charge is -2.22. The molecule has 0 fully saturated rings. The number of aliphatic hydroxyl groups excluding tert-OH is 1. The van der Waals surface area contributed by atoms with Crippen molar-refractivity contribution in [1.29, 1.82) is 5.41 Å². The Morgan fingerprint density at radius 3 is 2.50 bits per heavy atom. The number of amidine groups is 1. The number of H-pyrrole nitrogens is 1. The molecule has 2 heterocycles. The van der Waals surface area contributed by atoms with Crippen LogP contribution in [0.1, 0.15) is 32.2 Å². The van der Waals surface area contributed by atoms with Crippen LogP contribution in [-0.2, 0) is 6.54 Å². The van der Waals surface area contributed by atoms with E-state index in [0.717, 1.165) is 28.1 Å². The van der Waals surface area contributed by atoms with Crippen molar-refractivity contribution in [2.45, 2.75) is 32.9 Å². The van der Waals surface area contributed by atoms with Crippen molar-refractivity contribution in [3.8, 4) is 11.5 Å². The molecule has 1 aromatic heterocycles. The number of aromatic nitrogens is 2. The number of hydrogen-bond acceptors (Lipinski definition) is 5. The molecule has 156 valence electrons. The molecule has 7 nitrogen and oxygen atoms in total. The molecule has 0 saturated heterocycles. The van der Waals surface area contributed by atoms with Crippen LogP contribution in [0.25, 0.3) is 16.6 Å². The molecule has 7 heteroatoms. The zero-order valence-corrected chi connectivity index (χ0v) is 17.6. The Morgan fingerprint density at radius 1 is 1.13 bits per heavy atom. The van der Waals surface area contributed by atoms with Gasteiger partial charge in [0.05, 0.1) is 30.3 Å². The minimum atomic E-state index is -0.250. The van der Waals surface area contributed by atoms with E-state index in [-0.39, 0.29) is 23.7 Å². The minimum Gasteiger partial charge on any atom is -0.510 e. The lowest BCUT2D eigenvalue weighted by Crippen LogP contribution is -2.26. The van der Waals surface area contributed by atoms with Gasteiger partial charge in [0.1, 0.15) is 34.5 Å². The van der Waals surface area contributed by atoms with Crippen molar-refractivity contribution < 1.29 is 14.6 Å². The van der Waals surface area contributed by atoms with Gasteiger partial charge in [-0.05, 0) is 50.6 Å². The van der Waals surface area contributed by atoms with Gasteiger partial charge in [-0.1, -0.05) is 12.1 Å². The number of aliphatic hydroxyl groups is 1. The van der Waals surface area contributed by atoms with Gasteiger partial charge in [0.15, 0.2) is 0 Å². The van der Waals surface area contributed by atoms with Crippen LogP contribution in [0.3, 0.4) is 0 Å². The predicted octanol–water partition coefficient (Wildman–Crippen LogP) is 4.51. The van der Waals surface area contributed by atoms with Crippen LogP contribution >= 0.6 is 0 Å². The molecular weight excluding hydrogens is 380 g/mol. The molecule has 1 aliphatic rings. The van der Waals surface area contributed by atoms with Crippen molar-refractivity contribution in [1.82, 2.24) is 14.9 Å². The van der Waals surface area contributed by atoms with Gasteiger partial charge in [0.25, 0.3) is 0 Å². The molecule has 4 rings (SSSR count). The molecule has 0 spiro atoms. The first-order valence-corrected chi connectivity index (χ1v) is 9.81. The number of benzene rings is 2. The van der Waals surface area contributed by atoms with Crippen molar-refractivity contribution in [3.63, 3.8) is 0 Å². The van der Waals surface area contributed by atoms with E-state index in [2.05, 4.69) is 9.97 Å². The Hall–Kier alpha value is -3.48. The second-order valence-electron chi connectivity index (χ2n) is 8.35. The average Bonchev–Trinajstić information content (AvgIpc) is 3.21. The van der Waals surface area contributed by atoms with E-state index < -0.39 is 0 Å². The van der Waals surface area contributed by atoms with Gasteiger partial charge in [-0.15, -0.1) is 0 Å². The molecule has 0 unspecified atom stereocenters. The molecule has 30 heavy (non-hydrogen) atoms. The number of rotatable bonds is 5. The Kier molecular flexibility index (Phi) is 4.89. The van der Waals surface area contributed by atoms with E-state index >= 15 is 0 Å². The van der Waals surface area contributed by atoms with Gasteiger partial charge in [0.2, 0.25) is 0 Å². The van der Waals surface area contributed by atoms with Crippen LogP contribution in [0.15, 0.2) is 48.2 Å². The largest absolute Gasteiger partial charge is 0.510 e. The maximum atomic E-state index is 10.6. The van der Waals surface area contributed by atoms with E-state index in [1.54, 1.807) is 7.11 Å². The molecule has 0 amide bonds. The molecule has 3 N–H and O–H groups in total. The molecule has 2 aromatic carbocycles. The molecule has 0 saturated carbocycles. The van der Waals surface area contributed by atoms with Crippen LogP contribution in [-0.4, -0.2) is 45.1 Å². The predicted molar refractivity (Wildman–Crippen MR) is 117 cm³/mol. The Bertz CT molecular complexity index is 1120. The van der Waals surface area contributed by atoms with Crippen LogP contribution in [0, 0.1) is 5.41 Å². The first-order valence-electron chi connectivity index (χ1n) is 9.81. The summed E-state index contributed by atoms with van der Waals surface area (Å²) in [6, 6.07) is 13.4. The maximum Gasteiger partial charge on any atom is 0.145 e. The summed E-state index contributed by atoms with van der Waals surface area (Å²) in [6.45, 7) is 6.81. The van der Waals surface area contributed by atoms with Gasteiger partial charge >= 0.3 is 0 Å². The molecule has 0 radical (unpaired) electrons. The molecule has 0 bridgehead atoms. The summed E-state index contributed by atoms with van der Waals surface area (Å²) in [5.74, 6) is 2.39. The van der Waals surface area contributed by atoms with Crippen LogP contribution in [0.5, 0.6) is 11.5 Å². The second-order valence-corrected chi connectivity index (χ2v) is 8.35. The lowest BCUT2D eigenvalue weighted by atomic mass is 10.1. The first-order chi connectivity index (χ1) is 14.2. The summed E-state index contributed by atoms with van der Waals surface area (Å²) in [6.07, 6.45) is 0. The Morgan fingerprint density at radius 2 is 1.83 bits per heavy atom. The third kappa shape index (κ3) is 3.96. The van der Waals surface area contributed by atoms with Gasteiger partial charge in [0, 0.05) is 12.6 Å². The highest BCUT2D eigenvalue weighted by molar-refractivity contribution is 6.23. The van der Waals surface area contributed by atoms with Gasteiger partial charge < -0.3 is 24.5 Å². The number of nitrogens with one attached hydrogen (secondary N) is 2. The number of hydrogen-bond donors (Lipinski definition) is 3. The normalized spacial score (nSPS) is 14.7. The molecular formula is C23H26N4O3. The fourth-order valence-corrected chi connectivity index (χ4v) is 3.49. The highest BCUT2D eigenvalue weighted by atomic mass is 16.5. The number of imidazole rings is 1. The summed E-state index contributed by atoms with van der Waals surface area (Å²) in [7, 11) is 1.61. The monoisotopic (exact) mass is 406 g/mol. The maximum absolute atomic E-state index is 10.6. The van der Waals surface area contributed by atoms with E-state index in [9.17, 15) is 5.11 Å². The van der Waals surface area contributed by atoms with Crippen LogP contribution < -0.4 is 9.47 Å². The van der Waals surface area contributed by atoms with Crippen LogP contribution in [0.2, 0.25) is 0 Å². The smallest absolute Gasteiger partial charge is 0.145 e. The third-order valence-electron chi connectivity index (χ3n) is 4.83. The Balaban J connectivity index is 1.51. The molecule has 1 aliphatic heterocycles. The lowest BCUT2D eigenvalue weighted by molar-refractivity contribution is 0.131. The third-order valence-corrected chi connectivity index (χ3v) is 4.83. The molecule has 0 aliphatic carbocycles. The van der Waals surface area contributed by atoms with E-state index in [4.69, 9.17) is 14.9 Å². The fraction of sp³-hybridized carbons (Fsp3) is 0.304. The zero-order valence-electron chi connectivity index (χ0n) is 17.6. The quantitative estimate of drug-likeness (QED) is 0.579. The minimum absolute atomic E-state index is 0.138. The number of nitrogens with zero attached hydrogens (tertiary/aromatic N) is 2. The van der Waals surface area contributed by atoms with Crippen molar-refractivity contribution in [2.24, 2.45) is 0 Å². The van der Waals surface area contributed by atoms with Gasteiger partial charge in [-0.25, -0.2) is 4.98 Å². The SMILES string of the molecule is COc1ccc2nc(C3=C(O)CN(Cc4ccc(OC(C)(C)C)cc4)C3=N)[nH]c2c1. The number of methoxy groups -OCH3 is 1. The van der Waals surface area contributed by atoms with E-state index in [1.165, 1.54) is 0 Å². The number of fused-ring (bicyclic) bond motifs is 1. The summed E-state index contributed by atoms with van der Waals surface area (Å²) in [5, 5.41) is 19.1. The summed E-state index contributed by atoms with van der Waals surface area (Å²) in [4.78, 5) is 9.56.